The summed E-state index contributed by atoms with van der Waals surface area (Å²) in [5, 5.41) is 1.57. The van der Waals surface area contributed by atoms with Crippen LogP contribution in [0.3, 0.4) is 0 Å². The Bertz CT molecular complexity index is 335. The van der Waals surface area contributed by atoms with Crippen LogP contribution in [0.2, 0.25) is 0 Å². The molecule has 0 aromatic rings. The zero-order valence-corrected chi connectivity index (χ0v) is 16.9. The predicted molar refractivity (Wildman–Crippen MR) is 85.5 cm³/mol. The summed E-state index contributed by atoms with van der Waals surface area (Å²) in [5.74, 6) is 0. The van der Waals surface area contributed by atoms with Gasteiger partial charge >= 0.3 is 125 Å². The molecule has 1 aliphatic carbocycles. The molecule has 19 heavy (non-hydrogen) atoms. The number of allylic oxidation sites excluding steroid dienone is 4. The van der Waals surface area contributed by atoms with E-state index in [1.165, 1.54) is 0 Å². The summed E-state index contributed by atoms with van der Waals surface area (Å²) in [6.45, 7) is 13.5. The molecular formula is C14H31N3SiV. The van der Waals surface area contributed by atoms with Gasteiger partial charge in [-0.2, -0.15) is 0 Å². The monoisotopic (exact) mass is 320 g/mol. The Hall–Kier alpha value is 0.161. The summed E-state index contributed by atoms with van der Waals surface area (Å²) < 4.78 is 13.3. The molecule has 0 aromatic heterocycles. The van der Waals surface area contributed by atoms with E-state index in [9.17, 15) is 0 Å². The van der Waals surface area contributed by atoms with Gasteiger partial charge in [0.15, 0.2) is 0 Å². The summed E-state index contributed by atoms with van der Waals surface area (Å²) in [7, 11) is 1.13. The first kappa shape index (κ1) is 17.2. The van der Waals surface area contributed by atoms with Crippen molar-refractivity contribution in [1.82, 2.24) is 12.5 Å². The van der Waals surface area contributed by atoms with Crippen LogP contribution in [-0.2, 0) is 14.7 Å². The van der Waals surface area contributed by atoms with Crippen LogP contribution in [-0.4, -0.2) is 28.4 Å². The van der Waals surface area contributed by atoms with Crippen LogP contribution in [0.15, 0.2) is 21.6 Å². The molecule has 0 heterocycles. The minimum absolute atomic E-state index is 0.493. The maximum atomic E-state index is 3.90. The third-order valence-electron chi connectivity index (χ3n) is 2.89. The third kappa shape index (κ3) is 4.89. The van der Waals surface area contributed by atoms with Gasteiger partial charge in [-0.25, -0.2) is 0 Å². The van der Waals surface area contributed by atoms with Gasteiger partial charge in [0.25, 0.3) is 0 Å². The SMILES string of the molecule is CC(C)[NH][V]([NH]C(C)C)([NH]C(C)C)[C]1=C([SiH3])C=CC1. The molecule has 0 bridgehead atoms. The summed E-state index contributed by atoms with van der Waals surface area (Å²) in [4.78, 5) is 0. The van der Waals surface area contributed by atoms with Crippen molar-refractivity contribution < 1.29 is 14.7 Å². The van der Waals surface area contributed by atoms with Crippen molar-refractivity contribution in [2.75, 3.05) is 0 Å². The van der Waals surface area contributed by atoms with Crippen LogP contribution in [0.5, 0.6) is 0 Å². The standard InChI is InChI=1S/C5H7Si.3C3H8N.V/c6-5-3-1-2-4-5;3*1-3(2)4;/h1,3H,2H2,6H3;3*3-4H,1-2H3;/q;3*-1;+3. The van der Waals surface area contributed by atoms with Crippen LogP contribution in [0.1, 0.15) is 48.0 Å². The molecule has 0 atom stereocenters. The molecule has 0 radical (unpaired) electrons. The fourth-order valence-corrected chi connectivity index (χ4v) is 10.6. The molecule has 5 heteroatoms. The van der Waals surface area contributed by atoms with Gasteiger partial charge < -0.3 is 0 Å². The molecule has 0 spiro atoms. The van der Waals surface area contributed by atoms with E-state index in [2.05, 4.69) is 66.2 Å². The second-order valence-corrected chi connectivity index (χ2v) is 11.5. The Labute approximate surface area is 125 Å². The van der Waals surface area contributed by atoms with Gasteiger partial charge in [-0.1, -0.05) is 0 Å². The first-order valence-corrected chi connectivity index (χ1v) is 11.2. The second kappa shape index (κ2) is 7.25. The molecule has 0 unspecified atom stereocenters. The van der Waals surface area contributed by atoms with Crippen molar-refractivity contribution in [1.29, 1.82) is 0 Å². The van der Waals surface area contributed by atoms with Crippen LogP contribution in [0.25, 0.3) is 0 Å². The first-order valence-electron chi connectivity index (χ1n) is 7.36. The van der Waals surface area contributed by atoms with E-state index >= 15 is 0 Å². The Balaban J connectivity index is 3.13. The average molecular weight is 320 g/mol. The molecule has 1 aliphatic rings. The van der Waals surface area contributed by atoms with Gasteiger partial charge in [-0.3, -0.25) is 0 Å². The Morgan fingerprint density at radius 3 is 1.63 bits per heavy atom. The molecule has 0 aromatic carbocycles. The van der Waals surface area contributed by atoms with Gasteiger partial charge in [0.1, 0.15) is 0 Å². The number of hydrogen-bond acceptors (Lipinski definition) is 3. The Morgan fingerprint density at radius 2 is 1.37 bits per heavy atom. The van der Waals surface area contributed by atoms with Crippen LogP contribution >= 0.6 is 0 Å². The molecule has 3 nitrogen and oxygen atoms in total. The molecule has 0 fully saturated rings. The van der Waals surface area contributed by atoms with E-state index in [1.807, 2.05) is 0 Å². The number of nitrogens with one attached hydrogen (secondary N) is 3. The summed E-state index contributed by atoms with van der Waals surface area (Å²) in [5.41, 5.74) is 0. The van der Waals surface area contributed by atoms with Gasteiger partial charge in [-0.05, 0) is 0 Å². The van der Waals surface area contributed by atoms with Crippen molar-refractivity contribution in [2.24, 2.45) is 0 Å². The average Bonchev–Trinajstić information content (AvgIpc) is 2.61. The van der Waals surface area contributed by atoms with E-state index in [-0.39, 0.29) is 0 Å². The van der Waals surface area contributed by atoms with Crippen LogP contribution < -0.4 is 12.5 Å². The quantitative estimate of drug-likeness (QED) is 0.621. The van der Waals surface area contributed by atoms with Gasteiger partial charge in [0, 0.05) is 0 Å². The normalized spacial score (nSPS) is 16.7. The summed E-state index contributed by atoms with van der Waals surface area (Å²) in [6.07, 6.45) is 5.76. The third-order valence-corrected chi connectivity index (χ3v) is 10.8. The molecule has 1 rings (SSSR count). The van der Waals surface area contributed by atoms with Crippen molar-refractivity contribution in [3.8, 4) is 0 Å². The predicted octanol–water partition coefficient (Wildman–Crippen LogP) is 1.42. The fourth-order valence-electron chi connectivity index (χ4n) is 2.51. The molecule has 0 saturated carbocycles. The maximum absolute atomic E-state index is 3.90. The van der Waals surface area contributed by atoms with Crippen molar-refractivity contribution in [3.63, 3.8) is 0 Å². The topological polar surface area (TPSA) is 36.1 Å². The molecule has 0 aliphatic heterocycles. The van der Waals surface area contributed by atoms with Gasteiger partial charge in [0.05, 0.1) is 0 Å². The van der Waals surface area contributed by atoms with E-state index in [0.717, 1.165) is 16.7 Å². The molecular weight excluding hydrogens is 289 g/mol. The Kier molecular flexibility index (Phi) is 6.57. The van der Waals surface area contributed by atoms with Crippen LogP contribution in [0, 0.1) is 0 Å². The fraction of sp³-hybridized carbons (Fsp3) is 0.714. The zero-order chi connectivity index (χ0) is 14.6. The summed E-state index contributed by atoms with van der Waals surface area (Å²) in [6, 6.07) is 1.48. The second-order valence-electron chi connectivity index (χ2n) is 6.26. The van der Waals surface area contributed by atoms with E-state index in [4.69, 9.17) is 0 Å². The van der Waals surface area contributed by atoms with Crippen molar-refractivity contribution >= 4 is 10.2 Å². The first-order chi connectivity index (χ1) is 8.77. The van der Waals surface area contributed by atoms with Crippen LogP contribution in [0.4, 0.5) is 0 Å². The molecule has 111 valence electrons. The zero-order valence-electron chi connectivity index (χ0n) is 13.5. The molecule has 0 amide bonds. The Morgan fingerprint density at radius 1 is 0.947 bits per heavy atom. The molecule has 0 saturated heterocycles. The number of hydrogen-bond donors (Lipinski definition) is 3. The summed E-state index contributed by atoms with van der Waals surface area (Å²) >= 11 is -2.42. The van der Waals surface area contributed by atoms with Crippen molar-refractivity contribution in [3.05, 3.63) is 21.6 Å². The minimum atomic E-state index is -2.42. The van der Waals surface area contributed by atoms with E-state index < -0.39 is 14.7 Å². The van der Waals surface area contributed by atoms with E-state index in [0.29, 0.717) is 18.1 Å². The van der Waals surface area contributed by atoms with Gasteiger partial charge in [0.2, 0.25) is 0 Å². The van der Waals surface area contributed by atoms with Crippen molar-refractivity contribution in [2.45, 2.75) is 66.1 Å². The van der Waals surface area contributed by atoms with E-state index in [1.54, 1.807) is 9.48 Å². The molecule has 3 N–H and O–H groups in total. The number of rotatable bonds is 7. The van der Waals surface area contributed by atoms with Gasteiger partial charge in [-0.15, -0.1) is 0 Å².